The van der Waals surface area contributed by atoms with Crippen LogP contribution in [0, 0.1) is 0 Å². The number of carbonyl (C=O) groups excluding carboxylic acids is 2. The molecule has 2 heterocycles. The van der Waals surface area contributed by atoms with Crippen LogP contribution in [-0.2, 0) is 9.53 Å². The Kier molecular flexibility index (Phi) is 3.84. The van der Waals surface area contributed by atoms with E-state index in [2.05, 4.69) is 10.3 Å². The smallest absolute Gasteiger partial charge is 0.341 e. The maximum atomic E-state index is 11.8. The summed E-state index contributed by atoms with van der Waals surface area (Å²) in [6.07, 6.45) is 2.25. The molecule has 0 atom stereocenters. The third kappa shape index (κ3) is 2.93. The molecule has 0 aliphatic carbocycles. The summed E-state index contributed by atoms with van der Waals surface area (Å²) < 4.78 is 4.72. The highest BCUT2D eigenvalue weighted by atomic mass is 16.5. The zero-order valence-corrected chi connectivity index (χ0v) is 10.7. The van der Waals surface area contributed by atoms with E-state index < -0.39 is 5.97 Å². The van der Waals surface area contributed by atoms with Crippen molar-refractivity contribution < 1.29 is 14.3 Å². The van der Waals surface area contributed by atoms with Crippen LogP contribution in [0.1, 0.15) is 16.8 Å². The first kappa shape index (κ1) is 13.1. The average Bonchev–Trinajstić information content (AvgIpc) is 2.62. The maximum absolute atomic E-state index is 11.8. The topological polar surface area (TPSA) is 97.6 Å². The zero-order valence-electron chi connectivity index (χ0n) is 10.7. The molecule has 102 valence electrons. The van der Waals surface area contributed by atoms with E-state index in [1.54, 1.807) is 4.90 Å². The first-order chi connectivity index (χ1) is 9.11. The molecule has 1 aromatic rings. The van der Waals surface area contributed by atoms with Gasteiger partial charge in [-0.3, -0.25) is 4.79 Å². The SMILES string of the molecule is COC(=O)c1cc(N)cnc1N1CCCNC(=O)C1. The predicted octanol–water partition coefficient (Wildman–Crippen LogP) is -0.223. The van der Waals surface area contributed by atoms with Gasteiger partial charge in [0.15, 0.2) is 0 Å². The van der Waals surface area contributed by atoms with Gasteiger partial charge >= 0.3 is 5.97 Å². The van der Waals surface area contributed by atoms with Gasteiger partial charge in [0.05, 0.1) is 25.5 Å². The molecule has 2 rings (SSSR count). The van der Waals surface area contributed by atoms with Gasteiger partial charge in [-0.05, 0) is 12.5 Å². The average molecular weight is 264 g/mol. The normalized spacial score (nSPS) is 15.6. The van der Waals surface area contributed by atoms with Crippen molar-refractivity contribution in [1.29, 1.82) is 0 Å². The van der Waals surface area contributed by atoms with E-state index in [0.717, 1.165) is 6.42 Å². The lowest BCUT2D eigenvalue weighted by Gasteiger charge is -2.22. The van der Waals surface area contributed by atoms with Crippen LogP contribution in [0.15, 0.2) is 12.3 Å². The van der Waals surface area contributed by atoms with Crippen molar-refractivity contribution in [2.75, 3.05) is 37.4 Å². The number of aromatic nitrogens is 1. The van der Waals surface area contributed by atoms with E-state index in [1.165, 1.54) is 19.4 Å². The summed E-state index contributed by atoms with van der Waals surface area (Å²) in [5.74, 6) is -0.176. The molecule has 0 unspecified atom stereocenters. The largest absolute Gasteiger partial charge is 0.465 e. The van der Waals surface area contributed by atoms with Crippen LogP contribution in [0.2, 0.25) is 0 Å². The second-order valence-electron chi connectivity index (χ2n) is 4.26. The first-order valence-corrected chi connectivity index (χ1v) is 5.97. The number of hydrogen-bond donors (Lipinski definition) is 2. The third-order valence-corrected chi connectivity index (χ3v) is 2.85. The molecule has 1 aliphatic rings. The summed E-state index contributed by atoms with van der Waals surface area (Å²) >= 11 is 0. The molecule has 1 amide bonds. The van der Waals surface area contributed by atoms with Crippen molar-refractivity contribution >= 4 is 23.4 Å². The Morgan fingerprint density at radius 1 is 1.58 bits per heavy atom. The van der Waals surface area contributed by atoms with E-state index in [4.69, 9.17) is 10.5 Å². The molecule has 0 bridgehead atoms. The van der Waals surface area contributed by atoms with Crippen molar-refractivity contribution in [1.82, 2.24) is 10.3 Å². The Bertz CT molecular complexity index is 504. The van der Waals surface area contributed by atoms with E-state index in [-0.39, 0.29) is 18.0 Å². The van der Waals surface area contributed by atoms with Gasteiger partial charge in [-0.15, -0.1) is 0 Å². The number of nitrogens with zero attached hydrogens (tertiary/aromatic N) is 2. The van der Waals surface area contributed by atoms with Crippen LogP contribution in [0.25, 0.3) is 0 Å². The Hall–Kier alpha value is -2.31. The molecular formula is C12H16N4O3. The van der Waals surface area contributed by atoms with Crippen molar-refractivity contribution in [3.05, 3.63) is 17.8 Å². The quantitative estimate of drug-likeness (QED) is 0.716. The number of amides is 1. The van der Waals surface area contributed by atoms with Gasteiger partial charge in [0.1, 0.15) is 11.4 Å². The minimum absolute atomic E-state index is 0.0908. The molecular weight excluding hydrogens is 248 g/mol. The van der Waals surface area contributed by atoms with Crippen LogP contribution >= 0.6 is 0 Å². The summed E-state index contributed by atoms with van der Waals surface area (Å²) in [5, 5.41) is 2.77. The summed E-state index contributed by atoms with van der Waals surface area (Å²) in [7, 11) is 1.30. The summed E-state index contributed by atoms with van der Waals surface area (Å²) in [5.41, 5.74) is 6.29. The van der Waals surface area contributed by atoms with Gasteiger partial charge < -0.3 is 20.7 Å². The van der Waals surface area contributed by atoms with E-state index >= 15 is 0 Å². The highest BCUT2D eigenvalue weighted by Crippen LogP contribution is 2.21. The molecule has 7 heteroatoms. The maximum Gasteiger partial charge on any atom is 0.341 e. The lowest BCUT2D eigenvalue weighted by Crippen LogP contribution is -2.34. The lowest BCUT2D eigenvalue weighted by molar-refractivity contribution is -0.119. The summed E-state index contributed by atoms with van der Waals surface area (Å²) in [4.78, 5) is 29.2. The highest BCUT2D eigenvalue weighted by Gasteiger charge is 2.22. The minimum Gasteiger partial charge on any atom is -0.465 e. The molecule has 7 nitrogen and oxygen atoms in total. The number of methoxy groups -OCH3 is 1. The summed E-state index contributed by atoms with van der Waals surface area (Å²) in [6.45, 7) is 1.43. The van der Waals surface area contributed by atoms with Crippen molar-refractivity contribution in [3.63, 3.8) is 0 Å². The van der Waals surface area contributed by atoms with Crippen LogP contribution in [-0.4, -0.2) is 43.6 Å². The fourth-order valence-corrected chi connectivity index (χ4v) is 1.97. The number of carbonyl (C=O) groups is 2. The molecule has 0 spiro atoms. The Balaban J connectivity index is 2.37. The third-order valence-electron chi connectivity index (χ3n) is 2.85. The number of nitrogen functional groups attached to an aromatic ring is 1. The minimum atomic E-state index is -0.514. The fourth-order valence-electron chi connectivity index (χ4n) is 1.97. The molecule has 1 fully saturated rings. The van der Waals surface area contributed by atoms with Gasteiger partial charge in [0, 0.05) is 13.1 Å². The van der Waals surface area contributed by atoms with E-state index in [9.17, 15) is 9.59 Å². The number of anilines is 2. The molecule has 0 saturated carbocycles. The molecule has 0 aromatic carbocycles. The Labute approximate surface area is 110 Å². The van der Waals surface area contributed by atoms with Gasteiger partial charge in [0.25, 0.3) is 0 Å². The van der Waals surface area contributed by atoms with E-state index in [1.807, 2.05) is 0 Å². The standard InChI is InChI=1S/C12H16N4O3/c1-19-12(18)9-5-8(13)6-15-11(9)16-4-2-3-14-10(17)7-16/h5-6H,2-4,7,13H2,1H3,(H,14,17). The van der Waals surface area contributed by atoms with Gasteiger partial charge in [-0.25, -0.2) is 9.78 Å². The number of hydrogen-bond acceptors (Lipinski definition) is 6. The second-order valence-corrected chi connectivity index (χ2v) is 4.26. The number of nitrogens with one attached hydrogen (secondary N) is 1. The highest BCUT2D eigenvalue weighted by molar-refractivity contribution is 5.96. The number of rotatable bonds is 2. The molecule has 0 radical (unpaired) electrons. The fraction of sp³-hybridized carbons (Fsp3) is 0.417. The van der Waals surface area contributed by atoms with Crippen LogP contribution in [0.5, 0.6) is 0 Å². The Morgan fingerprint density at radius 3 is 3.11 bits per heavy atom. The van der Waals surface area contributed by atoms with Gasteiger partial charge in [-0.1, -0.05) is 0 Å². The zero-order chi connectivity index (χ0) is 13.8. The van der Waals surface area contributed by atoms with Crippen LogP contribution in [0.4, 0.5) is 11.5 Å². The monoisotopic (exact) mass is 264 g/mol. The van der Waals surface area contributed by atoms with Crippen molar-refractivity contribution in [2.24, 2.45) is 0 Å². The number of pyridine rings is 1. The summed E-state index contributed by atoms with van der Waals surface area (Å²) in [6, 6.07) is 1.51. The van der Waals surface area contributed by atoms with Crippen LogP contribution < -0.4 is 16.0 Å². The predicted molar refractivity (Wildman–Crippen MR) is 69.8 cm³/mol. The molecule has 1 saturated heterocycles. The van der Waals surface area contributed by atoms with Gasteiger partial charge in [-0.2, -0.15) is 0 Å². The molecule has 1 aliphatic heterocycles. The molecule has 19 heavy (non-hydrogen) atoms. The first-order valence-electron chi connectivity index (χ1n) is 5.97. The number of esters is 1. The van der Waals surface area contributed by atoms with Crippen molar-refractivity contribution in [3.8, 4) is 0 Å². The second kappa shape index (κ2) is 5.55. The lowest BCUT2D eigenvalue weighted by atomic mass is 10.2. The van der Waals surface area contributed by atoms with E-state index in [0.29, 0.717) is 24.6 Å². The molecule has 3 N–H and O–H groups in total. The number of nitrogens with two attached hydrogens (primary N) is 1. The van der Waals surface area contributed by atoms with Crippen LogP contribution in [0.3, 0.4) is 0 Å². The van der Waals surface area contributed by atoms with Crippen molar-refractivity contribution in [2.45, 2.75) is 6.42 Å². The molecule has 1 aromatic heterocycles. The number of ether oxygens (including phenoxy) is 1. The Morgan fingerprint density at radius 2 is 2.37 bits per heavy atom. The van der Waals surface area contributed by atoms with Gasteiger partial charge in [0.2, 0.25) is 5.91 Å².